The van der Waals surface area contributed by atoms with Crippen LogP contribution in [-0.2, 0) is 9.53 Å². The van der Waals surface area contributed by atoms with Gasteiger partial charge in [0.2, 0.25) is 5.91 Å². The van der Waals surface area contributed by atoms with Crippen molar-refractivity contribution in [3.05, 3.63) is 0 Å². The molecule has 4 heteroatoms. The maximum Gasteiger partial charge on any atom is 0.223 e. The van der Waals surface area contributed by atoms with Crippen molar-refractivity contribution in [2.45, 2.75) is 57.1 Å². The Morgan fingerprint density at radius 2 is 1.94 bits per heavy atom. The first-order valence-electron chi connectivity index (χ1n) is 7.27. The van der Waals surface area contributed by atoms with Crippen LogP contribution in [0.5, 0.6) is 0 Å². The van der Waals surface area contributed by atoms with Gasteiger partial charge in [-0.05, 0) is 57.4 Å². The Balaban J connectivity index is 1.78. The van der Waals surface area contributed by atoms with Gasteiger partial charge in [0.1, 0.15) is 0 Å². The predicted octanol–water partition coefficient (Wildman–Crippen LogP) is 1.44. The van der Waals surface area contributed by atoms with Crippen LogP contribution in [0.15, 0.2) is 0 Å². The van der Waals surface area contributed by atoms with Crippen LogP contribution in [0.1, 0.15) is 44.9 Å². The molecule has 0 aromatic rings. The molecule has 0 bridgehead atoms. The lowest BCUT2D eigenvalue weighted by Gasteiger charge is -2.28. The van der Waals surface area contributed by atoms with Crippen molar-refractivity contribution in [3.8, 4) is 0 Å². The van der Waals surface area contributed by atoms with Crippen molar-refractivity contribution in [2.75, 3.05) is 13.7 Å². The number of amides is 1. The standard InChI is InChI=1S/C14H26N2O2/c1-18-13-4-2-3-12(13)16-14(17)11-7-5-10(9-15)6-8-11/h10-13H,2-9,15H2,1H3,(H,16,17). The van der Waals surface area contributed by atoms with E-state index in [0.717, 1.165) is 51.5 Å². The second-order valence-corrected chi connectivity index (χ2v) is 5.77. The lowest BCUT2D eigenvalue weighted by Crippen LogP contribution is -2.44. The quantitative estimate of drug-likeness (QED) is 0.798. The van der Waals surface area contributed by atoms with Crippen LogP contribution in [0.2, 0.25) is 0 Å². The molecule has 0 aromatic heterocycles. The van der Waals surface area contributed by atoms with Gasteiger partial charge in [0, 0.05) is 13.0 Å². The summed E-state index contributed by atoms with van der Waals surface area (Å²) in [6, 6.07) is 0.231. The molecule has 2 aliphatic rings. The lowest BCUT2D eigenvalue weighted by molar-refractivity contribution is -0.127. The average Bonchev–Trinajstić information content (AvgIpc) is 2.86. The van der Waals surface area contributed by atoms with Gasteiger partial charge in [0.15, 0.2) is 0 Å². The molecule has 0 aromatic carbocycles. The minimum absolute atomic E-state index is 0.200. The Morgan fingerprint density at radius 3 is 2.56 bits per heavy atom. The van der Waals surface area contributed by atoms with E-state index >= 15 is 0 Å². The maximum absolute atomic E-state index is 12.2. The molecule has 0 radical (unpaired) electrons. The monoisotopic (exact) mass is 254 g/mol. The highest BCUT2D eigenvalue weighted by Crippen LogP contribution is 2.29. The van der Waals surface area contributed by atoms with E-state index in [2.05, 4.69) is 5.32 Å². The van der Waals surface area contributed by atoms with Gasteiger partial charge in [-0.1, -0.05) is 0 Å². The molecule has 0 spiro atoms. The van der Waals surface area contributed by atoms with Gasteiger partial charge in [-0.3, -0.25) is 4.79 Å². The van der Waals surface area contributed by atoms with Crippen LogP contribution < -0.4 is 11.1 Å². The van der Waals surface area contributed by atoms with Crippen molar-refractivity contribution in [1.82, 2.24) is 5.32 Å². The van der Waals surface area contributed by atoms with Crippen molar-refractivity contribution >= 4 is 5.91 Å². The largest absolute Gasteiger partial charge is 0.379 e. The Morgan fingerprint density at radius 1 is 1.22 bits per heavy atom. The summed E-state index contributed by atoms with van der Waals surface area (Å²) in [6.45, 7) is 0.767. The van der Waals surface area contributed by atoms with Gasteiger partial charge < -0.3 is 15.8 Å². The first kappa shape index (κ1) is 13.8. The summed E-state index contributed by atoms with van der Waals surface area (Å²) in [5.74, 6) is 1.07. The zero-order valence-electron chi connectivity index (χ0n) is 11.4. The smallest absolute Gasteiger partial charge is 0.223 e. The summed E-state index contributed by atoms with van der Waals surface area (Å²) in [6.07, 6.45) is 7.71. The molecule has 0 heterocycles. The van der Waals surface area contributed by atoms with E-state index in [0.29, 0.717) is 5.92 Å². The van der Waals surface area contributed by atoms with E-state index in [1.165, 1.54) is 0 Å². The van der Waals surface area contributed by atoms with Crippen LogP contribution >= 0.6 is 0 Å². The van der Waals surface area contributed by atoms with E-state index in [4.69, 9.17) is 10.5 Å². The minimum atomic E-state index is 0.200. The normalized spacial score (nSPS) is 36.6. The number of ether oxygens (including phenoxy) is 1. The number of nitrogens with one attached hydrogen (secondary N) is 1. The summed E-state index contributed by atoms with van der Waals surface area (Å²) in [5, 5.41) is 3.19. The van der Waals surface area contributed by atoms with E-state index < -0.39 is 0 Å². The number of hydrogen-bond donors (Lipinski definition) is 2. The number of methoxy groups -OCH3 is 1. The number of rotatable bonds is 4. The van der Waals surface area contributed by atoms with Gasteiger partial charge in [-0.25, -0.2) is 0 Å². The summed E-state index contributed by atoms with van der Waals surface area (Å²) >= 11 is 0. The number of hydrogen-bond acceptors (Lipinski definition) is 3. The molecule has 18 heavy (non-hydrogen) atoms. The Labute approximate surface area is 110 Å². The van der Waals surface area contributed by atoms with E-state index in [9.17, 15) is 4.79 Å². The first-order chi connectivity index (χ1) is 8.74. The van der Waals surface area contributed by atoms with Crippen molar-refractivity contribution in [1.29, 1.82) is 0 Å². The molecule has 2 atom stereocenters. The average molecular weight is 254 g/mol. The molecule has 1 amide bonds. The lowest BCUT2D eigenvalue weighted by atomic mass is 9.81. The third kappa shape index (κ3) is 3.23. The fourth-order valence-electron chi connectivity index (χ4n) is 3.33. The van der Waals surface area contributed by atoms with Gasteiger partial charge in [-0.15, -0.1) is 0 Å². The van der Waals surface area contributed by atoms with E-state index in [1.54, 1.807) is 7.11 Å². The molecule has 2 saturated carbocycles. The Bertz CT molecular complexity index is 275. The molecule has 4 nitrogen and oxygen atoms in total. The van der Waals surface area contributed by atoms with Crippen LogP contribution in [-0.4, -0.2) is 31.7 Å². The van der Waals surface area contributed by atoms with Crippen LogP contribution in [0, 0.1) is 11.8 Å². The topological polar surface area (TPSA) is 64.3 Å². The minimum Gasteiger partial charge on any atom is -0.379 e. The van der Waals surface area contributed by atoms with Crippen molar-refractivity contribution in [3.63, 3.8) is 0 Å². The van der Waals surface area contributed by atoms with Gasteiger partial charge >= 0.3 is 0 Å². The number of nitrogens with two attached hydrogens (primary N) is 1. The van der Waals surface area contributed by atoms with Crippen LogP contribution in [0.25, 0.3) is 0 Å². The van der Waals surface area contributed by atoms with Crippen molar-refractivity contribution < 1.29 is 9.53 Å². The molecular weight excluding hydrogens is 228 g/mol. The molecule has 2 rings (SSSR count). The molecule has 104 valence electrons. The molecule has 2 fully saturated rings. The number of carbonyl (C=O) groups is 1. The zero-order chi connectivity index (χ0) is 13.0. The molecular formula is C14H26N2O2. The molecule has 0 aliphatic heterocycles. The SMILES string of the molecule is COC1CCCC1NC(=O)C1CCC(CN)CC1. The highest BCUT2D eigenvalue weighted by molar-refractivity contribution is 5.79. The second kappa shape index (κ2) is 6.53. The highest BCUT2D eigenvalue weighted by atomic mass is 16.5. The predicted molar refractivity (Wildman–Crippen MR) is 71.1 cm³/mol. The Kier molecular flexibility index (Phi) is 5.01. The zero-order valence-corrected chi connectivity index (χ0v) is 11.4. The van der Waals surface area contributed by atoms with E-state index in [1.807, 2.05) is 0 Å². The van der Waals surface area contributed by atoms with Gasteiger partial charge in [0.05, 0.1) is 12.1 Å². The molecule has 2 aliphatic carbocycles. The summed E-state index contributed by atoms with van der Waals surface area (Å²) in [7, 11) is 1.74. The fraction of sp³-hybridized carbons (Fsp3) is 0.929. The fourth-order valence-corrected chi connectivity index (χ4v) is 3.33. The highest BCUT2D eigenvalue weighted by Gasteiger charge is 2.32. The summed E-state index contributed by atoms with van der Waals surface area (Å²) < 4.78 is 5.42. The van der Waals surface area contributed by atoms with Crippen LogP contribution in [0.3, 0.4) is 0 Å². The maximum atomic E-state index is 12.2. The van der Waals surface area contributed by atoms with Crippen molar-refractivity contribution in [2.24, 2.45) is 17.6 Å². The molecule has 2 unspecified atom stereocenters. The second-order valence-electron chi connectivity index (χ2n) is 5.77. The molecule has 3 N–H and O–H groups in total. The van der Waals surface area contributed by atoms with Crippen LogP contribution in [0.4, 0.5) is 0 Å². The first-order valence-corrected chi connectivity index (χ1v) is 7.27. The summed E-state index contributed by atoms with van der Waals surface area (Å²) in [5.41, 5.74) is 5.68. The van der Waals surface area contributed by atoms with Gasteiger partial charge in [-0.2, -0.15) is 0 Å². The Hall–Kier alpha value is -0.610. The van der Waals surface area contributed by atoms with Gasteiger partial charge in [0.25, 0.3) is 0 Å². The third-order valence-electron chi connectivity index (χ3n) is 4.63. The molecule has 0 saturated heterocycles. The third-order valence-corrected chi connectivity index (χ3v) is 4.63. The van der Waals surface area contributed by atoms with E-state index in [-0.39, 0.29) is 24.0 Å². The summed E-state index contributed by atoms with van der Waals surface area (Å²) in [4.78, 5) is 12.2. The number of carbonyl (C=O) groups excluding carboxylic acids is 1.